The number of hydrogen-bond donors (Lipinski definition) is 1. The molecule has 0 radical (unpaired) electrons. The van der Waals surface area contributed by atoms with E-state index < -0.39 is 0 Å². The molecule has 0 spiro atoms. The van der Waals surface area contributed by atoms with Crippen LogP contribution in [0, 0.1) is 0 Å². The van der Waals surface area contributed by atoms with E-state index in [2.05, 4.69) is 5.32 Å². The van der Waals surface area contributed by atoms with Crippen molar-refractivity contribution in [1.29, 1.82) is 0 Å². The van der Waals surface area contributed by atoms with E-state index in [9.17, 15) is 9.59 Å². The van der Waals surface area contributed by atoms with Gasteiger partial charge < -0.3 is 10.1 Å². The lowest BCUT2D eigenvalue weighted by Gasteiger charge is -2.08. The lowest BCUT2D eigenvalue weighted by molar-refractivity contribution is -0.122. The topological polar surface area (TPSA) is 55.4 Å². The van der Waals surface area contributed by atoms with Crippen LogP contribution in [0.5, 0.6) is 5.75 Å². The van der Waals surface area contributed by atoms with Crippen molar-refractivity contribution >= 4 is 24.0 Å². The Bertz CT molecular complexity index is 616. The predicted octanol–water partition coefficient (Wildman–Crippen LogP) is 2.79. The van der Waals surface area contributed by atoms with E-state index in [4.69, 9.17) is 4.74 Å². The van der Waals surface area contributed by atoms with E-state index in [1.54, 1.807) is 36.0 Å². The Balaban J connectivity index is 1.67. The minimum absolute atomic E-state index is 0.0964. The Morgan fingerprint density at radius 1 is 1.09 bits per heavy atom. The lowest BCUT2D eigenvalue weighted by atomic mass is 10.2. The fraction of sp³-hybridized carbons (Fsp3) is 0.176. The summed E-state index contributed by atoms with van der Waals surface area (Å²) in [4.78, 5) is 23.7. The molecule has 0 heterocycles. The number of thioether (sulfide) groups is 1. The van der Waals surface area contributed by atoms with Gasteiger partial charge in [-0.3, -0.25) is 9.59 Å². The maximum absolute atomic E-state index is 11.7. The molecule has 22 heavy (non-hydrogen) atoms. The number of hydrogen-bond acceptors (Lipinski definition) is 4. The molecule has 0 saturated heterocycles. The van der Waals surface area contributed by atoms with Crippen molar-refractivity contribution in [1.82, 2.24) is 5.32 Å². The van der Waals surface area contributed by atoms with Crippen LogP contribution < -0.4 is 10.1 Å². The summed E-state index contributed by atoms with van der Waals surface area (Å²) in [6.07, 6.45) is 0.712. The van der Waals surface area contributed by atoms with E-state index >= 15 is 0 Å². The van der Waals surface area contributed by atoms with Crippen molar-refractivity contribution < 1.29 is 14.3 Å². The Labute approximate surface area is 133 Å². The highest BCUT2D eigenvalue weighted by atomic mass is 32.2. The van der Waals surface area contributed by atoms with Crippen molar-refractivity contribution in [3.05, 3.63) is 60.2 Å². The molecule has 1 amide bonds. The third kappa shape index (κ3) is 5.26. The highest BCUT2D eigenvalue weighted by Crippen LogP contribution is 2.16. The average Bonchev–Trinajstić information content (AvgIpc) is 2.58. The Hall–Kier alpha value is -2.27. The smallest absolute Gasteiger partial charge is 0.257 e. The molecule has 2 aromatic carbocycles. The van der Waals surface area contributed by atoms with Gasteiger partial charge in [0.05, 0.1) is 5.56 Å². The summed E-state index contributed by atoms with van der Waals surface area (Å²) in [5, 5.41) is 2.79. The van der Waals surface area contributed by atoms with Crippen LogP contribution in [-0.4, -0.2) is 31.1 Å². The largest absolute Gasteiger partial charge is 0.483 e. The lowest BCUT2D eigenvalue weighted by Crippen LogP contribution is -2.30. The molecule has 0 saturated carbocycles. The van der Waals surface area contributed by atoms with E-state index in [-0.39, 0.29) is 12.5 Å². The first-order valence-corrected chi connectivity index (χ1v) is 7.89. The highest BCUT2D eigenvalue weighted by Gasteiger charge is 2.05. The SMILES string of the molecule is O=Cc1ccccc1OCC(=O)NCCSc1ccccc1. The van der Waals surface area contributed by atoms with Crippen LogP contribution in [0.25, 0.3) is 0 Å². The molecular weight excluding hydrogens is 298 g/mol. The monoisotopic (exact) mass is 315 g/mol. The van der Waals surface area contributed by atoms with Crippen molar-refractivity contribution in [3.8, 4) is 5.75 Å². The van der Waals surface area contributed by atoms with E-state index in [1.807, 2.05) is 30.3 Å². The molecule has 114 valence electrons. The molecule has 5 heteroatoms. The second-order valence-electron chi connectivity index (χ2n) is 4.46. The first-order chi connectivity index (χ1) is 10.8. The molecule has 0 bridgehead atoms. The second-order valence-corrected chi connectivity index (χ2v) is 5.62. The van der Waals surface area contributed by atoms with E-state index in [1.165, 1.54) is 4.90 Å². The summed E-state index contributed by atoms with van der Waals surface area (Å²) in [6.45, 7) is 0.470. The summed E-state index contributed by atoms with van der Waals surface area (Å²) < 4.78 is 5.36. The van der Waals surface area contributed by atoms with Gasteiger partial charge in [0, 0.05) is 17.2 Å². The molecule has 0 aliphatic rings. The van der Waals surface area contributed by atoms with Gasteiger partial charge in [-0.1, -0.05) is 30.3 Å². The van der Waals surface area contributed by atoms with Gasteiger partial charge >= 0.3 is 0 Å². The molecule has 0 atom stereocenters. The standard InChI is InChI=1S/C17H17NO3S/c19-12-14-6-4-5-9-16(14)21-13-17(20)18-10-11-22-15-7-2-1-3-8-15/h1-9,12H,10-11,13H2,(H,18,20). The van der Waals surface area contributed by atoms with E-state index in [0.29, 0.717) is 24.1 Å². The van der Waals surface area contributed by atoms with Crippen LogP contribution in [-0.2, 0) is 4.79 Å². The fourth-order valence-corrected chi connectivity index (χ4v) is 2.57. The van der Waals surface area contributed by atoms with Crippen LogP contribution in [0.1, 0.15) is 10.4 Å². The van der Waals surface area contributed by atoms with Crippen LogP contribution in [0.2, 0.25) is 0 Å². The molecule has 0 unspecified atom stereocenters. The quantitative estimate of drug-likeness (QED) is 0.462. The first-order valence-electron chi connectivity index (χ1n) is 6.91. The zero-order valence-corrected chi connectivity index (χ0v) is 12.8. The van der Waals surface area contributed by atoms with Crippen LogP contribution in [0.4, 0.5) is 0 Å². The molecule has 2 rings (SSSR count). The van der Waals surface area contributed by atoms with Crippen molar-refractivity contribution in [2.45, 2.75) is 4.90 Å². The van der Waals surface area contributed by atoms with Crippen molar-refractivity contribution in [2.75, 3.05) is 18.9 Å². The van der Waals surface area contributed by atoms with Gasteiger partial charge in [0.1, 0.15) is 5.75 Å². The Kier molecular flexibility index (Phi) is 6.51. The van der Waals surface area contributed by atoms with Crippen molar-refractivity contribution in [3.63, 3.8) is 0 Å². The zero-order valence-electron chi connectivity index (χ0n) is 12.0. The maximum atomic E-state index is 11.7. The Morgan fingerprint density at radius 3 is 2.59 bits per heavy atom. The molecule has 4 nitrogen and oxygen atoms in total. The normalized spacial score (nSPS) is 10.0. The number of rotatable bonds is 8. The summed E-state index contributed by atoms with van der Waals surface area (Å²) >= 11 is 1.68. The number of para-hydroxylation sites is 1. The van der Waals surface area contributed by atoms with Gasteiger partial charge in [-0.15, -0.1) is 11.8 Å². The zero-order chi connectivity index (χ0) is 15.6. The van der Waals surface area contributed by atoms with Gasteiger partial charge in [-0.2, -0.15) is 0 Å². The number of carbonyl (C=O) groups is 2. The van der Waals surface area contributed by atoms with Crippen LogP contribution >= 0.6 is 11.8 Å². The molecule has 0 aromatic heterocycles. The van der Waals surface area contributed by atoms with Gasteiger partial charge in [0.15, 0.2) is 12.9 Å². The summed E-state index contributed by atoms with van der Waals surface area (Å²) in [7, 11) is 0. The highest BCUT2D eigenvalue weighted by molar-refractivity contribution is 7.99. The molecular formula is C17H17NO3S. The van der Waals surface area contributed by atoms with E-state index in [0.717, 1.165) is 5.75 Å². The number of carbonyl (C=O) groups excluding carboxylic acids is 2. The molecule has 0 aliphatic heterocycles. The van der Waals surface area contributed by atoms with Gasteiger partial charge in [-0.05, 0) is 24.3 Å². The average molecular weight is 315 g/mol. The Morgan fingerprint density at radius 2 is 1.82 bits per heavy atom. The molecule has 1 N–H and O–H groups in total. The number of amides is 1. The maximum Gasteiger partial charge on any atom is 0.257 e. The summed E-state index contributed by atoms with van der Waals surface area (Å²) in [5.41, 5.74) is 0.440. The van der Waals surface area contributed by atoms with Crippen molar-refractivity contribution in [2.24, 2.45) is 0 Å². The number of nitrogens with one attached hydrogen (secondary N) is 1. The van der Waals surface area contributed by atoms with Crippen LogP contribution in [0.3, 0.4) is 0 Å². The number of benzene rings is 2. The number of aldehydes is 1. The molecule has 0 fully saturated rings. The number of ether oxygens (including phenoxy) is 1. The minimum Gasteiger partial charge on any atom is -0.483 e. The third-order valence-corrected chi connectivity index (χ3v) is 3.85. The van der Waals surface area contributed by atoms with Gasteiger partial charge in [0.2, 0.25) is 0 Å². The summed E-state index contributed by atoms with van der Waals surface area (Å²) in [5.74, 6) is 1.02. The predicted molar refractivity (Wildman–Crippen MR) is 87.5 cm³/mol. The van der Waals surface area contributed by atoms with Gasteiger partial charge in [-0.25, -0.2) is 0 Å². The fourth-order valence-electron chi connectivity index (χ4n) is 1.78. The second kappa shape index (κ2) is 8.89. The van der Waals surface area contributed by atoms with Gasteiger partial charge in [0.25, 0.3) is 5.91 Å². The molecule has 0 aliphatic carbocycles. The third-order valence-electron chi connectivity index (χ3n) is 2.84. The van der Waals surface area contributed by atoms with Crippen LogP contribution in [0.15, 0.2) is 59.5 Å². The summed E-state index contributed by atoms with van der Waals surface area (Å²) in [6, 6.07) is 16.8. The minimum atomic E-state index is -0.200. The molecule has 2 aromatic rings. The first kappa shape index (κ1) is 16.1.